The monoisotopic (exact) mass is 918 g/mol. The molecule has 0 saturated carbocycles. The van der Waals surface area contributed by atoms with Crippen LogP contribution in [0, 0.1) is 13.8 Å². The van der Waals surface area contributed by atoms with Crippen LogP contribution in [0.5, 0.6) is 0 Å². The van der Waals surface area contributed by atoms with Crippen molar-refractivity contribution in [2.75, 3.05) is 11.4 Å². The van der Waals surface area contributed by atoms with Gasteiger partial charge in [0.15, 0.2) is 0 Å². The molecular formula is C69H75N. The molecule has 1 nitrogen and oxygen atoms in total. The molecule has 0 aliphatic heterocycles. The summed E-state index contributed by atoms with van der Waals surface area (Å²) in [4.78, 5) is 2.36. The van der Waals surface area contributed by atoms with Gasteiger partial charge in [0.1, 0.15) is 0 Å². The molecule has 5 aromatic rings. The van der Waals surface area contributed by atoms with Gasteiger partial charge in [-0.2, -0.15) is 0 Å². The fourth-order valence-corrected chi connectivity index (χ4v) is 9.23. The minimum Gasteiger partial charge on any atom is -0.337 e. The highest BCUT2D eigenvalue weighted by Crippen LogP contribution is 2.36. The number of allylic oxidation sites excluding steroid dienone is 19. The largest absolute Gasteiger partial charge is 0.337 e. The predicted octanol–water partition coefficient (Wildman–Crippen LogP) is 19.8. The number of nitrogens with zero attached hydrogens (tertiary/aromatic N) is 1. The summed E-state index contributed by atoms with van der Waals surface area (Å²) < 4.78 is 0. The Bertz CT molecular complexity index is 2890. The molecular weight excluding hydrogens is 843 g/mol. The highest BCUT2D eigenvalue weighted by Gasteiger charge is 2.17. The Labute approximate surface area is 422 Å². The lowest BCUT2D eigenvalue weighted by Gasteiger charge is -2.28. The molecule has 0 radical (unpaired) electrons. The molecule has 2 aliphatic rings. The lowest BCUT2D eigenvalue weighted by atomic mass is 9.88. The van der Waals surface area contributed by atoms with Crippen LogP contribution in [0.3, 0.4) is 0 Å². The van der Waals surface area contributed by atoms with Crippen molar-refractivity contribution in [1.82, 2.24) is 0 Å². The second-order valence-electron chi connectivity index (χ2n) is 18.4. The Kier molecular flexibility index (Phi) is 19.8. The molecule has 2 aliphatic carbocycles. The van der Waals surface area contributed by atoms with E-state index in [9.17, 15) is 0 Å². The Morgan fingerprint density at radius 3 is 2.11 bits per heavy atom. The summed E-state index contributed by atoms with van der Waals surface area (Å²) in [5.74, 6) is 0.225. The van der Waals surface area contributed by atoms with Crippen molar-refractivity contribution in [3.8, 4) is 22.3 Å². The zero-order valence-electron chi connectivity index (χ0n) is 43.1. The Hall–Kier alpha value is -7.22. The molecule has 0 bridgehead atoms. The van der Waals surface area contributed by atoms with Crippen LogP contribution in [0.15, 0.2) is 254 Å². The molecule has 0 spiro atoms. The van der Waals surface area contributed by atoms with Crippen LogP contribution in [-0.2, 0) is 0 Å². The molecule has 0 fully saturated rings. The predicted molar refractivity (Wildman–Crippen MR) is 310 cm³/mol. The molecule has 0 N–H and O–H groups in total. The summed E-state index contributed by atoms with van der Waals surface area (Å²) in [7, 11) is 0. The summed E-state index contributed by atoms with van der Waals surface area (Å²) in [6.07, 6.45) is 35.2. The van der Waals surface area contributed by atoms with Crippen LogP contribution in [0.2, 0.25) is 0 Å². The number of hydrogen-bond acceptors (Lipinski definition) is 1. The van der Waals surface area contributed by atoms with Gasteiger partial charge < -0.3 is 4.90 Å². The van der Waals surface area contributed by atoms with Crippen molar-refractivity contribution in [3.63, 3.8) is 0 Å². The second-order valence-corrected chi connectivity index (χ2v) is 18.4. The van der Waals surface area contributed by atoms with E-state index in [1.54, 1.807) is 0 Å². The summed E-state index contributed by atoms with van der Waals surface area (Å²) in [6, 6.07) is 44.3. The normalized spacial score (nSPS) is 14.8. The Morgan fingerprint density at radius 2 is 1.44 bits per heavy atom. The molecule has 70 heavy (non-hydrogen) atoms. The maximum absolute atomic E-state index is 4.30. The van der Waals surface area contributed by atoms with Crippen molar-refractivity contribution in [2.24, 2.45) is 0 Å². The van der Waals surface area contributed by atoms with Crippen LogP contribution in [-0.4, -0.2) is 6.54 Å². The van der Waals surface area contributed by atoms with Gasteiger partial charge in [-0.05, 0) is 169 Å². The molecule has 356 valence electrons. The van der Waals surface area contributed by atoms with Crippen LogP contribution in [0.25, 0.3) is 33.4 Å². The Morgan fingerprint density at radius 1 is 0.714 bits per heavy atom. The fraction of sp³-hybridized carbons (Fsp3) is 0.217. The number of anilines is 1. The molecule has 1 unspecified atom stereocenters. The van der Waals surface area contributed by atoms with E-state index >= 15 is 0 Å². The second kappa shape index (κ2) is 26.5. The highest BCUT2D eigenvalue weighted by molar-refractivity contribution is 5.80. The van der Waals surface area contributed by atoms with Crippen molar-refractivity contribution < 1.29 is 0 Å². The van der Waals surface area contributed by atoms with Gasteiger partial charge in [-0.25, -0.2) is 0 Å². The summed E-state index contributed by atoms with van der Waals surface area (Å²) in [5, 5.41) is 0. The van der Waals surface area contributed by atoms with Crippen LogP contribution in [0.4, 0.5) is 5.69 Å². The maximum Gasteiger partial charge on any atom is 0.0489 e. The minimum absolute atomic E-state index is 0.225. The van der Waals surface area contributed by atoms with Gasteiger partial charge in [-0.3, -0.25) is 0 Å². The van der Waals surface area contributed by atoms with Crippen molar-refractivity contribution in [3.05, 3.63) is 281 Å². The third kappa shape index (κ3) is 14.0. The van der Waals surface area contributed by atoms with Crippen LogP contribution < -0.4 is 4.90 Å². The minimum atomic E-state index is 0.225. The average Bonchev–Trinajstić information content (AvgIpc) is 3.40. The average molecular weight is 918 g/mol. The number of benzene rings is 5. The van der Waals surface area contributed by atoms with Gasteiger partial charge in [0.05, 0.1) is 0 Å². The van der Waals surface area contributed by atoms with Gasteiger partial charge in [0, 0.05) is 29.4 Å². The first kappa shape index (κ1) is 52.2. The van der Waals surface area contributed by atoms with Gasteiger partial charge in [0.25, 0.3) is 0 Å². The van der Waals surface area contributed by atoms with E-state index in [1.165, 1.54) is 90.8 Å². The van der Waals surface area contributed by atoms with E-state index < -0.39 is 0 Å². The molecule has 5 aromatic carbocycles. The number of aryl methyl sites for hydroxylation is 2. The van der Waals surface area contributed by atoms with Crippen molar-refractivity contribution in [1.29, 1.82) is 0 Å². The van der Waals surface area contributed by atoms with E-state index in [1.807, 2.05) is 12.2 Å². The van der Waals surface area contributed by atoms with E-state index in [0.717, 1.165) is 48.2 Å². The van der Waals surface area contributed by atoms with E-state index in [0.29, 0.717) is 6.54 Å². The van der Waals surface area contributed by atoms with E-state index in [4.69, 9.17) is 0 Å². The third-order valence-corrected chi connectivity index (χ3v) is 13.3. The molecule has 0 heterocycles. The SMILES string of the molecule is C=CC(=C)/C(C=C)=C(/C=C\CC)N(C/C=C\C)c1cc(C)cc(-c2cccc(C(/C=C(\C=C(/C)C3=CCCC=C3)c3ccc(-c4ccccc4)cc3)CC)c2)c1.CC1=C(c2ccccc2C)C=CCC1. The number of hydrogen-bond donors (Lipinski definition) is 0. The van der Waals surface area contributed by atoms with Crippen LogP contribution in [0.1, 0.15) is 107 Å². The van der Waals surface area contributed by atoms with Gasteiger partial charge >= 0.3 is 0 Å². The van der Waals surface area contributed by atoms with Gasteiger partial charge in [-0.15, -0.1) is 0 Å². The smallest absolute Gasteiger partial charge is 0.0489 e. The zero-order valence-corrected chi connectivity index (χ0v) is 43.1. The summed E-state index contributed by atoms with van der Waals surface area (Å²) >= 11 is 0. The number of rotatable bonds is 18. The van der Waals surface area contributed by atoms with Crippen molar-refractivity contribution >= 4 is 16.8 Å². The highest BCUT2D eigenvalue weighted by atomic mass is 15.1. The molecule has 0 aromatic heterocycles. The van der Waals surface area contributed by atoms with Crippen molar-refractivity contribution in [2.45, 2.75) is 92.9 Å². The molecule has 0 saturated heterocycles. The molecule has 0 amide bonds. The zero-order chi connectivity index (χ0) is 49.8. The lowest BCUT2D eigenvalue weighted by molar-refractivity contribution is 0.807. The molecule has 1 atom stereocenters. The fourth-order valence-electron chi connectivity index (χ4n) is 9.23. The lowest BCUT2D eigenvalue weighted by Crippen LogP contribution is -2.23. The molecule has 1 heteroatoms. The quantitative estimate of drug-likeness (QED) is 0.0625. The van der Waals surface area contributed by atoms with Gasteiger partial charge in [0.2, 0.25) is 0 Å². The van der Waals surface area contributed by atoms with Gasteiger partial charge in [-0.1, -0.05) is 221 Å². The maximum atomic E-state index is 4.30. The summed E-state index contributed by atoms with van der Waals surface area (Å²) in [6.45, 7) is 28.6. The topological polar surface area (TPSA) is 3.24 Å². The van der Waals surface area contributed by atoms with Crippen LogP contribution >= 0.6 is 0 Å². The Balaban J connectivity index is 0.000000488. The summed E-state index contributed by atoms with van der Waals surface area (Å²) in [5.41, 5.74) is 22.1. The standard InChI is InChI=1S/C55H59N.C14H16/c1-9-14-29-55(54(13-5)42(7)11-3)56(34-15-10-2)53-36-41(6)35-51(40-53)50-28-22-27-49(39-50)44(12-4)38-52(37-43(8)45-23-18-16-19-24-45)48-32-30-47(31-33-48)46-25-20-17-21-26-46;1-11-7-3-5-9-13(11)14-10-6-4-8-12(14)2/h10-11,13-15,17-18,20-33,35-40,44H,3,5,7,9,12,16,19,34H2,1-2,4,6,8H3;3,5-7,9-10H,4,8H2,1-2H3/b15-10-,29-14-,43-37+,52-38+,55-54-;. The molecule has 7 rings (SSSR count). The first-order valence-electron chi connectivity index (χ1n) is 25.4. The first-order valence-corrected chi connectivity index (χ1v) is 25.4. The first-order chi connectivity index (χ1) is 34.1. The van der Waals surface area contributed by atoms with E-state index in [2.05, 4.69) is 261 Å². The third-order valence-electron chi connectivity index (χ3n) is 13.3. The van der Waals surface area contributed by atoms with E-state index in [-0.39, 0.29) is 5.92 Å².